The Bertz CT molecular complexity index is 464. The molecule has 5 heteroatoms. The molecule has 19 heavy (non-hydrogen) atoms. The Morgan fingerprint density at radius 2 is 2.37 bits per heavy atom. The molecule has 1 saturated heterocycles. The van der Waals surface area contributed by atoms with Crippen LogP contribution in [0, 0.1) is 12.7 Å². The second kappa shape index (κ2) is 6.12. The van der Waals surface area contributed by atoms with Gasteiger partial charge in [0.2, 0.25) is 5.91 Å². The van der Waals surface area contributed by atoms with Crippen LogP contribution in [0.1, 0.15) is 12.5 Å². The number of nitrogens with zero attached hydrogens (tertiary/aromatic N) is 1. The molecule has 104 valence electrons. The Labute approximate surface area is 113 Å². The van der Waals surface area contributed by atoms with Gasteiger partial charge < -0.3 is 10.6 Å². The fourth-order valence-electron chi connectivity index (χ4n) is 2.22. The van der Waals surface area contributed by atoms with Crippen molar-refractivity contribution in [3.8, 4) is 0 Å². The summed E-state index contributed by atoms with van der Waals surface area (Å²) in [6.07, 6.45) is 0. The van der Waals surface area contributed by atoms with Gasteiger partial charge in [0.1, 0.15) is 5.82 Å². The molecule has 1 fully saturated rings. The van der Waals surface area contributed by atoms with Gasteiger partial charge in [0.05, 0.1) is 6.54 Å². The number of hydrogen-bond acceptors (Lipinski definition) is 3. The van der Waals surface area contributed by atoms with Crippen LogP contribution < -0.4 is 10.6 Å². The van der Waals surface area contributed by atoms with Crippen LogP contribution in [0.2, 0.25) is 0 Å². The third-order valence-corrected chi connectivity index (χ3v) is 3.46. The molecule has 0 unspecified atom stereocenters. The van der Waals surface area contributed by atoms with Crippen molar-refractivity contribution in [1.29, 1.82) is 0 Å². The fraction of sp³-hybridized carbons (Fsp3) is 0.500. The van der Waals surface area contributed by atoms with Gasteiger partial charge in [-0.2, -0.15) is 0 Å². The maximum Gasteiger partial charge on any atom is 0.238 e. The number of halogens is 1. The highest BCUT2D eigenvalue weighted by atomic mass is 19.1. The Hall–Kier alpha value is -1.46. The van der Waals surface area contributed by atoms with Crippen molar-refractivity contribution in [3.63, 3.8) is 0 Å². The van der Waals surface area contributed by atoms with E-state index in [1.165, 1.54) is 12.1 Å². The van der Waals surface area contributed by atoms with Gasteiger partial charge in [0.25, 0.3) is 0 Å². The number of rotatable bonds is 3. The number of piperazine rings is 1. The lowest BCUT2D eigenvalue weighted by atomic mass is 10.2. The highest BCUT2D eigenvalue weighted by molar-refractivity contribution is 5.93. The van der Waals surface area contributed by atoms with Gasteiger partial charge in [-0.1, -0.05) is 6.07 Å². The fourth-order valence-corrected chi connectivity index (χ4v) is 2.22. The van der Waals surface area contributed by atoms with Crippen molar-refractivity contribution in [2.45, 2.75) is 19.9 Å². The number of nitrogens with one attached hydrogen (secondary N) is 2. The molecule has 1 amide bonds. The molecule has 1 aliphatic heterocycles. The third-order valence-electron chi connectivity index (χ3n) is 3.46. The number of benzene rings is 1. The normalized spacial score (nSPS) is 20.3. The summed E-state index contributed by atoms with van der Waals surface area (Å²) in [5.41, 5.74) is 1.41. The first kappa shape index (κ1) is 14.0. The molecule has 1 aromatic rings. The second-order valence-electron chi connectivity index (χ2n) is 5.03. The zero-order valence-corrected chi connectivity index (χ0v) is 11.4. The van der Waals surface area contributed by atoms with Crippen LogP contribution in [0.25, 0.3) is 0 Å². The predicted molar refractivity (Wildman–Crippen MR) is 73.7 cm³/mol. The van der Waals surface area contributed by atoms with Crippen LogP contribution in [0.3, 0.4) is 0 Å². The number of aryl methyl sites for hydroxylation is 1. The molecule has 0 aliphatic carbocycles. The molecule has 0 radical (unpaired) electrons. The summed E-state index contributed by atoms with van der Waals surface area (Å²) in [5, 5.41) is 6.06. The van der Waals surface area contributed by atoms with Crippen LogP contribution in [0.4, 0.5) is 10.1 Å². The van der Waals surface area contributed by atoms with Crippen molar-refractivity contribution in [3.05, 3.63) is 29.6 Å². The van der Waals surface area contributed by atoms with Crippen LogP contribution in [0.5, 0.6) is 0 Å². The monoisotopic (exact) mass is 265 g/mol. The number of hydrogen-bond donors (Lipinski definition) is 2. The SMILES string of the molecule is Cc1ccc(F)cc1NC(=O)CN1CCNC[C@@H]1C. The molecule has 1 aromatic carbocycles. The van der Waals surface area contributed by atoms with E-state index in [1.54, 1.807) is 6.07 Å². The minimum absolute atomic E-state index is 0.0950. The molecule has 1 heterocycles. The van der Waals surface area contributed by atoms with E-state index in [-0.39, 0.29) is 11.7 Å². The van der Waals surface area contributed by atoms with Crippen LogP contribution in [-0.4, -0.2) is 43.0 Å². The number of carbonyl (C=O) groups is 1. The van der Waals surface area contributed by atoms with Gasteiger partial charge in [-0.3, -0.25) is 9.69 Å². The van der Waals surface area contributed by atoms with Gasteiger partial charge in [0.15, 0.2) is 0 Å². The molecule has 1 atom stereocenters. The summed E-state index contributed by atoms with van der Waals surface area (Å²) >= 11 is 0. The first-order chi connectivity index (χ1) is 9.06. The van der Waals surface area contributed by atoms with E-state index in [4.69, 9.17) is 0 Å². The molecule has 0 saturated carbocycles. The summed E-state index contributed by atoms with van der Waals surface area (Å²) in [4.78, 5) is 14.1. The molecular formula is C14H20FN3O. The molecule has 1 aliphatic rings. The zero-order chi connectivity index (χ0) is 13.8. The predicted octanol–water partition coefficient (Wildman–Crippen LogP) is 1.37. The van der Waals surface area contributed by atoms with Crippen molar-refractivity contribution in [2.24, 2.45) is 0 Å². The van der Waals surface area contributed by atoms with E-state index in [1.807, 2.05) is 6.92 Å². The molecule has 0 aromatic heterocycles. The Morgan fingerprint density at radius 1 is 1.58 bits per heavy atom. The molecule has 4 nitrogen and oxygen atoms in total. The summed E-state index contributed by atoms with van der Waals surface area (Å²) in [7, 11) is 0. The summed E-state index contributed by atoms with van der Waals surface area (Å²) in [5.74, 6) is -0.432. The highest BCUT2D eigenvalue weighted by Crippen LogP contribution is 2.16. The Morgan fingerprint density at radius 3 is 3.11 bits per heavy atom. The van der Waals surface area contributed by atoms with Gasteiger partial charge >= 0.3 is 0 Å². The molecule has 2 N–H and O–H groups in total. The van der Waals surface area contributed by atoms with Crippen molar-refractivity contribution < 1.29 is 9.18 Å². The average molecular weight is 265 g/mol. The van der Waals surface area contributed by atoms with E-state index in [0.717, 1.165) is 25.2 Å². The largest absolute Gasteiger partial charge is 0.325 e. The van der Waals surface area contributed by atoms with Crippen molar-refractivity contribution >= 4 is 11.6 Å². The molecule has 0 spiro atoms. The average Bonchev–Trinajstić information content (AvgIpc) is 2.37. The first-order valence-corrected chi connectivity index (χ1v) is 6.57. The van der Waals surface area contributed by atoms with Crippen molar-refractivity contribution in [2.75, 3.05) is 31.5 Å². The number of carbonyl (C=O) groups excluding carboxylic acids is 1. The topological polar surface area (TPSA) is 44.4 Å². The third kappa shape index (κ3) is 3.75. The van der Waals surface area contributed by atoms with E-state index in [2.05, 4.69) is 22.5 Å². The van der Waals surface area contributed by atoms with Crippen LogP contribution in [0.15, 0.2) is 18.2 Å². The van der Waals surface area contributed by atoms with Gasteiger partial charge in [-0.15, -0.1) is 0 Å². The molecule has 2 rings (SSSR count). The first-order valence-electron chi connectivity index (χ1n) is 6.57. The Balaban J connectivity index is 1.95. The lowest BCUT2D eigenvalue weighted by Crippen LogP contribution is -2.52. The highest BCUT2D eigenvalue weighted by Gasteiger charge is 2.20. The molecular weight excluding hydrogens is 245 g/mol. The summed E-state index contributed by atoms with van der Waals surface area (Å²) in [6.45, 7) is 6.94. The smallest absolute Gasteiger partial charge is 0.238 e. The van der Waals surface area contributed by atoms with Crippen LogP contribution in [-0.2, 0) is 4.79 Å². The lowest BCUT2D eigenvalue weighted by molar-refractivity contribution is -0.118. The summed E-state index contributed by atoms with van der Waals surface area (Å²) in [6, 6.07) is 4.75. The van der Waals surface area contributed by atoms with Crippen LogP contribution >= 0.6 is 0 Å². The number of anilines is 1. The number of amides is 1. The zero-order valence-electron chi connectivity index (χ0n) is 11.4. The maximum absolute atomic E-state index is 13.1. The van der Waals surface area contributed by atoms with E-state index < -0.39 is 0 Å². The van der Waals surface area contributed by atoms with E-state index in [9.17, 15) is 9.18 Å². The summed E-state index contributed by atoms with van der Waals surface area (Å²) < 4.78 is 13.1. The minimum Gasteiger partial charge on any atom is -0.325 e. The Kier molecular flexibility index (Phi) is 4.50. The molecule has 0 bridgehead atoms. The van der Waals surface area contributed by atoms with Gasteiger partial charge in [-0.05, 0) is 31.5 Å². The van der Waals surface area contributed by atoms with Gasteiger partial charge in [-0.25, -0.2) is 4.39 Å². The lowest BCUT2D eigenvalue weighted by Gasteiger charge is -2.33. The standard InChI is InChI=1S/C14H20FN3O/c1-10-3-4-12(15)7-13(10)17-14(19)9-18-6-5-16-8-11(18)2/h3-4,7,11,16H,5-6,8-9H2,1-2H3,(H,17,19)/t11-/m0/s1. The van der Waals surface area contributed by atoms with Crippen molar-refractivity contribution in [1.82, 2.24) is 10.2 Å². The maximum atomic E-state index is 13.1. The van der Waals surface area contributed by atoms with Gasteiger partial charge in [0, 0.05) is 31.4 Å². The second-order valence-corrected chi connectivity index (χ2v) is 5.03. The minimum atomic E-state index is -0.337. The van der Waals surface area contributed by atoms with E-state index >= 15 is 0 Å². The van der Waals surface area contributed by atoms with E-state index in [0.29, 0.717) is 18.3 Å². The quantitative estimate of drug-likeness (QED) is 0.867.